The van der Waals surface area contributed by atoms with E-state index in [1.807, 2.05) is 42.5 Å². The van der Waals surface area contributed by atoms with Gasteiger partial charge in [-0.15, -0.1) is 0 Å². The fourth-order valence-electron chi connectivity index (χ4n) is 4.49. The highest BCUT2D eigenvalue weighted by atomic mass is 16.4. The molecule has 1 N–H and O–H groups in total. The molecule has 0 fully saturated rings. The molecule has 0 radical (unpaired) electrons. The van der Waals surface area contributed by atoms with Crippen molar-refractivity contribution in [2.75, 3.05) is 0 Å². The number of hydrogen-bond acceptors (Lipinski definition) is 5. The van der Waals surface area contributed by atoms with E-state index in [-0.39, 0.29) is 5.58 Å². The van der Waals surface area contributed by atoms with Crippen molar-refractivity contribution in [3.63, 3.8) is 0 Å². The third kappa shape index (κ3) is 1.83. The number of aromatic nitrogens is 1. The van der Waals surface area contributed by atoms with Gasteiger partial charge >= 0.3 is 11.3 Å². The number of hydrogen-bond donors (Lipinski definition) is 1. The van der Waals surface area contributed by atoms with Crippen molar-refractivity contribution in [2.24, 2.45) is 0 Å². The van der Waals surface area contributed by atoms with Crippen molar-refractivity contribution in [1.29, 1.82) is 0 Å². The Kier molecular flexibility index (Phi) is 2.69. The summed E-state index contributed by atoms with van der Waals surface area (Å²) in [6.45, 7) is 0. The smallest absolute Gasteiger partial charge is 0.380 e. The van der Waals surface area contributed by atoms with Gasteiger partial charge in [-0.3, -0.25) is 0 Å². The minimum atomic E-state index is -0.518. The predicted molar refractivity (Wildman–Crippen MR) is 115 cm³/mol. The lowest BCUT2D eigenvalue weighted by Gasteiger charge is -2.01. The Bertz CT molecular complexity index is 1950. The van der Waals surface area contributed by atoms with Gasteiger partial charge in [0, 0.05) is 43.9 Å². The van der Waals surface area contributed by atoms with Gasteiger partial charge in [-0.25, -0.2) is 9.59 Å². The van der Waals surface area contributed by atoms with Crippen molar-refractivity contribution < 1.29 is 13.3 Å². The molecule has 0 saturated carbocycles. The molecule has 0 atom stereocenters. The van der Waals surface area contributed by atoms with Crippen LogP contribution in [0.25, 0.3) is 65.7 Å². The fraction of sp³-hybridized carbons (Fsp3) is 0. The van der Waals surface area contributed by atoms with Crippen LogP contribution in [0.4, 0.5) is 0 Å². The molecule has 7 rings (SSSR count). The molecule has 6 heteroatoms. The van der Waals surface area contributed by atoms with Crippen LogP contribution in [0, 0.1) is 0 Å². The molecule has 0 unspecified atom stereocenters. The average molecular weight is 393 g/mol. The van der Waals surface area contributed by atoms with E-state index < -0.39 is 11.3 Å². The second-order valence-corrected chi connectivity index (χ2v) is 7.34. The summed E-state index contributed by atoms with van der Waals surface area (Å²) in [5.41, 5.74) is 2.50. The number of rotatable bonds is 0. The Morgan fingerprint density at radius 1 is 0.600 bits per heavy atom. The number of nitrogens with one attached hydrogen (secondary N) is 1. The maximum absolute atomic E-state index is 12.7. The minimum Gasteiger partial charge on any atom is -0.448 e. The number of H-pyrrole nitrogens is 1. The van der Waals surface area contributed by atoms with Crippen LogP contribution in [-0.4, -0.2) is 4.98 Å². The molecule has 0 aliphatic heterocycles. The van der Waals surface area contributed by atoms with Gasteiger partial charge in [0.1, 0.15) is 11.2 Å². The quantitative estimate of drug-likeness (QED) is 0.347. The van der Waals surface area contributed by atoms with Gasteiger partial charge in [0.15, 0.2) is 5.58 Å². The summed E-state index contributed by atoms with van der Waals surface area (Å²) in [4.78, 5) is 27.7. The Morgan fingerprint density at radius 2 is 1.37 bits per heavy atom. The summed E-state index contributed by atoms with van der Waals surface area (Å²) in [5, 5.41) is 5.01. The highest BCUT2D eigenvalue weighted by Crippen LogP contribution is 2.38. The number of para-hydroxylation sites is 1. The summed E-state index contributed by atoms with van der Waals surface area (Å²) in [6, 6.07) is 18.3. The first-order valence-electron chi connectivity index (χ1n) is 9.44. The second kappa shape index (κ2) is 5.18. The van der Waals surface area contributed by atoms with E-state index in [0.29, 0.717) is 22.3 Å². The summed E-state index contributed by atoms with van der Waals surface area (Å²) in [7, 11) is 0. The molecule has 0 aliphatic rings. The summed E-state index contributed by atoms with van der Waals surface area (Å²) in [6.07, 6.45) is 0. The molecule has 0 amide bonds. The van der Waals surface area contributed by atoms with E-state index in [4.69, 9.17) is 13.3 Å². The Morgan fingerprint density at radius 3 is 2.30 bits per heavy atom. The van der Waals surface area contributed by atoms with Crippen molar-refractivity contribution in [2.45, 2.75) is 0 Å². The number of benzene rings is 3. The first-order chi connectivity index (χ1) is 14.7. The van der Waals surface area contributed by atoms with Crippen molar-refractivity contribution >= 4 is 65.7 Å². The van der Waals surface area contributed by atoms with Crippen LogP contribution in [0.1, 0.15) is 0 Å². The maximum atomic E-state index is 12.7. The molecule has 0 spiro atoms. The van der Waals surface area contributed by atoms with Crippen LogP contribution in [-0.2, 0) is 0 Å². The Balaban J connectivity index is 1.74. The van der Waals surface area contributed by atoms with Crippen LogP contribution in [0.3, 0.4) is 0 Å². The van der Waals surface area contributed by atoms with E-state index in [2.05, 4.69) is 4.98 Å². The van der Waals surface area contributed by atoms with E-state index in [1.165, 1.54) is 6.07 Å². The molecule has 142 valence electrons. The highest BCUT2D eigenvalue weighted by Gasteiger charge is 2.19. The molecular weight excluding hydrogens is 382 g/mol. The van der Waals surface area contributed by atoms with Crippen LogP contribution < -0.4 is 11.3 Å². The molecular formula is C24H11NO5. The maximum Gasteiger partial charge on any atom is 0.380 e. The third-order valence-corrected chi connectivity index (χ3v) is 5.73. The zero-order chi connectivity index (χ0) is 20.0. The summed E-state index contributed by atoms with van der Waals surface area (Å²) < 4.78 is 16.8. The zero-order valence-corrected chi connectivity index (χ0v) is 15.3. The van der Waals surface area contributed by atoms with Crippen LogP contribution >= 0.6 is 0 Å². The lowest BCUT2D eigenvalue weighted by atomic mass is 10.0. The number of furan rings is 1. The minimum absolute atomic E-state index is 0.214. The largest absolute Gasteiger partial charge is 0.448 e. The van der Waals surface area contributed by atoms with Crippen molar-refractivity contribution in [3.05, 3.63) is 81.5 Å². The SMILES string of the molecule is O=c1ccc2c(ccc3[nH]c4c(ccc5c4oc(=O)c4oc6ccccc6c45)c32)o1. The van der Waals surface area contributed by atoms with Gasteiger partial charge in [0.05, 0.1) is 5.52 Å². The van der Waals surface area contributed by atoms with Gasteiger partial charge in [0.25, 0.3) is 0 Å². The molecule has 4 aromatic heterocycles. The van der Waals surface area contributed by atoms with Crippen molar-refractivity contribution in [3.8, 4) is 0 Å². The number of fused-ring (bicyclic) bond motifs is 11. The van der Waals surface area contributed by atoms with Crippen LogP contribution in [0.5, 0.6) is 0 Å². The molecule has 7 aromatic rings. The second-order valence-electron chi connectivity index (χ2n) is 7.34. The normalized spacial score (nSPS) is 12.3. The van der Waals surface area contributed by atoms with E-state index in [0.717, 1.165) is 37.8 Å². The molecule has 0 bridgehead atoms. The molecule has 30 heavy (non-hydrogen) atoms. The van der Waals surface area contributed by atoms with Gasteiger partial charge in [-0.2, -0.15) is 0 Å². The monoisotopic (exact) mass is 393 g/mol. The van der Waals surface area contributed by atoms with E-state index in [9.17, 15) is 9.59 Å². The lowest BCUT2D eigenvalue weighted by molar-refractivity contribution is 0.546. The topological polar surface area (TPSA) is 89.4 Å². The van der Waals surface area contributed by atoms with Gasteiger partial charge < -0.3 is 18.2 Å². The number of aromatic amines is 1. The molecule has 3 aromatic carbocycles. The van der Waals surface area contributed by atoms with E-state index in [1.54, 1.807) is 12.1 Å². The average Bonchev–Trinajstić information content (AvgIpc) is 3.33. The first-order valence-corrected chi connectivity index (χ1v) is 9.44. The van der Waals surface area contributed by atoms with E-state index >= 15 is 0 Å². The molecule has 0 aliphatic carbocycles. The van der Waals surface area contributed by atoms with Gasteiger partial charge in [-0.05, 0) is 30.3 Å². The summed E-state index contributed by atoms with van der Waals surface area (Å²) >= 11 is 0. The van der Waals surface area contributed by atoms with Gasteiger partial charge in [0.2, 0.25) is 5.58 Å². The molecule has 4 heterocycles. The zero-order valence-electron chi connectivity index (χ0n) is 15.3. The Labute approximate surface area is 165 Å². The van der Waals surface area contributed by atoms with Gasteiger partial charge in [-0.1, -0.05) is 24.3 Å². The summed E-state index contributed by atoms with van der Waals surface area (Å²) in [5.74, 6) is 0. The van der Waals surface area contributed by atoms with Crippen molar-refractivity contribution in [1.82, 2.24) is 4.98 Å². The lowest BCUT2D eigenvalue weighted by Crippen LogP contribution is -1.97. The Hall–Kier alpha value is -4.32. The highest BCUT2D eigenvalue weighted by molar-refractivity contribution is 6.27. The third-order valence-electron chi connectivity index (χ3n) is 5.73. The molecule has 0 saturated heterocycles. The van der Waals surface area contributed by atoms with Crippen LogP contribution in [0.2, 0.25) is 0 Å². The van der Waals surface area contributed by atoms with Crippen LogP contribution in [0.15, 0.2) is 83.5 Å². The standard InChI is InChI=1S/C24H11NO5/c26-18-10-7-12-17(28-18)9-8-15-19(12)13-5-6-14-20-11-3-1-2-4-16(11)29-23(20)24(27)30-22(14)21(13)25-15/h1-10,25H. The predicted octanol–water partition coefficient (Wildman–Crippen LogP) is 5.43. The molecule has 6 nitrogen and oxygen atoms in total. The fourth-order valence-corrected chi connectivity index (χ4v) is 4.49. The first kappa shape index (κ1) is 15.6.